The number of aliphatic imine (C=N–C) groups is 1. The molecule has 0 unspecified atom stereocenters. The van der Waals surface area contributed by atoms with Crippen LogP contribution in [0, 0.1) is 0 Å². The van der Waals surface area contributed by atoms with E-state index >= 15 is 0 Å². The van der Waals surface area contributed by atoms with E-state index in [0.717, 1.165) is 17.5 Å². The molecule has 0 radical (unpaired) electrons. The summed E-state index contributed by atoms with van der Waals surface area (Å²) in [4.78, 5) is 20.4. The van der Waals surface area contributed by atoms with Gasteiger partial charge in [-0.25, -0.2) is 9.78 Å². The van der Waals surface area contributed by atoms with Crippen LogP contribution in [0.25, 0.3) is 0 Å². The van der Waals surface area contributed by atoms with Crippen LogP contribution in [0.2, 0.25) is 0 Å². The van der Waals surface area contributed by atoms with Gasteiger partial charge in [-0.2, -0.15) is 0 Å². The Morgan fingerprint density at radius 3 is 2.52 bits per heavy atom. The molecule has 1 amide bonds. The Labute approximate surface area is 184 Å². The highest BCUT2D eigenvalue weighted by Gasteiger charge is 2.16. The fraction of sp³-hybridized carbons (Fsp3) is 0.435. The number of carbonyl (C=O) groups is 1. The molecular weight excluding hydrogens is 394 g/mol. The number of nitrogens with one attached hydrogen (secondary N) is 3. The third-order valence-electron chi connectivity index (χ3n) is 4.11. The van der Waals surface area contributed by atoms with E-state index in [1.165, 1.54) is 0 Å². The number of hydrogen-bond acceptors (Lipinski definition) is 5. The first-order valence-electron chi connectivity index (χ1n) is 10.4. The lowest BCUT2D eigenvalue weighted by Gasteiger charge is -2.19. The van der Waals surface area contributed by atoms with Crippen molar-refractivity contribution in [3.63, 3.8) is 0 Å². The highest BCUT2D eigenvalue weighted by atomic mass is 16.6. The first-order valence-corrected chi connectivity index (χ1v) is 10.4. The number of nitrogens with zero attached hydrogens (tertiary/aromatic N) is 2. The molecule has 1 aromatic carbocycles. The van der Waals surface area contributed by atoms with E-state index in [0.29, 0.717) is 37.2 Å². The monoisotopic (exact) mass is 427 g/mol. The molecule has 31 heavy (non-hydrogen) atoms. The Morgan fingerprint density at radius 2 is 1.87 bits per heavy atom. The summed E-state index contributed by atoms with van der Waals surface area (Å²) >= 11 is 0. The minimum absolute atomic E-state index is 0.460. The third-order valence-corrected chi connectivity index (χ3v) is 4.11. The summed E-state index contributed by atoms with van der Waals surface area (Å²) in [7, 11) is 1.74. The molecule has 1 aromatic heterocycles. The van der Waals surface area contributed by atoms with Crippen LogP contribution in [0.5, 0.6) is 5.88 Å². The van der Waals surface area contributed by atoms with Crippen LogP contribution < -0.4 is 20.7 Å². The van der Waals surface area contributed by atoms with Gasteiger partial charge in [-0.05, 0) is 57.9 Å². The number of anilines is 1. The summed E-state index contributed by atoms with van der Waals surface area (Å²) in [6.07, 6.45) is 2.07. The molecule has 0 spiro atoms. The summed E-state index contributed by atoms with van der Waals surface area (Å²) in [6.45, 7) is 9.29. The van der Waals surface area contributed by atoms with Crippen molar-refractivity contribution in [1.29, 1.82) is 0 Å². The predicted molar refractivity (Wildman–Crippen MR) is 124 cm³/mol. The molecule has 0 saturated carbocycles. The van der Waals surface area contributed by atoms with Crippen molar-refractivity contribution >= 4 is 17.7 Å². The van der Waals surface area contributed by atoms with E-state index in [1.807, 2.05) is 64.1 Å². The number of rotatable bonds is 8. The van der Waals surface area contributed by atoms with Crippen molar-refractivity contribution < 1.29 is 14.3 Å². The number of benzene rings is 1. The first kappa shape index (κ1) is 24.0. The number of guanidine groups is 1. The first-order chi connectivity index (χ1) is 14.8. The van der Waals surface area contributed by atoms with Crippen LogP contribution in [0.3, 0.4) is 0 Å². The summed E-state index contributed by atoms with van der Waals surface area (Å²) in [5.41, 5.74) is 2.29. The highest BCUT2D eigenvalue weighted by molar-refractivity contribution is 5.84. The van der Waals surface area contributed by atoms with Crippen molar-refractivity contribution in [2.24, 2.45) is 4.99 Å². The second kappa shape index (κ2) is 11.8. The summed E-state index contributed by atoms with van der Waals surface area (Å²) in [6, 6.07) is 11.6. The lowest BCUT2D eigenvalue weighted by atomic mass is 10.1. The van der Waals surface area contributed by atoms with Crippen LogP contribution in [0.15, 0.2) is 47.6 Å². The minimum atomic E-state index is -0.524. The van der Waals surface area contributed by atoms with Gasteiger partial charge in [0.15, 0.2) is 5.96 Å². The predicted octanol–water partition coefficient (Wildman–Crippen LogP) is 3.74. The molecule has 0 fully saturated rings. The normalized spacial score (nSPS) is 11.6. The third kappa shape index (κ3) is 8.94. The second-order valence-electron chi connectivity index (χ2n) is 7.83. The lowest BCUT2D eigenvalue weighted by molar-refractivity contribution is 0.0636. The lowest BCUT2D eigenvalue weighted by Crippen LogP contribution is -2.38. The van der Waals surface area contributed by atoms with Gasteiger partial charge in [0.1, 0.15) is 5.60 Å². The smallest absolute Gasteiger partial charge is 0.412 e. The largest absolute Gasteiger partial charge is 0.478 e. The van der Waals surface area contributed by atoms with Gasteiger partial charge in [0, 0.05) is 37.6 Å². The Balaban J connectivity index is 1.78. The topological polar surface area (TPSA) is 96.9 Å². The molecule has 3 N–H and O–H groups in total. The van der Waals surface area contributed by atoms with Crippen LogP contribution in [-0.4, -0.2) is 42.8 Å². The summed E-state index contributed by atoms with van der Waals surface area (Å²) < 4.78 is 10.8. The van der Waals surface area contributed by atoms with Crippen molar-refractivity contribution in [1.82, 2.24) is 15.6 Å². The molecule has 2 aromatic rings. The maximum Gasteiger partial charge on any atom is 0.412 e. The molecule has 0 atom stereocenters. The van der Waals surface area contributed by atoms with Gasteiger partial charge >= 0.3 is 6.09 Å². The number of ether oxygens (including phenoxy) is 2. The molecule has 0 aliphatic rings. The van der Waals surface area contributed by atoms with Crippen LogP contribution in [0.4, 0.5) is 10.5 Å². The summed E-state index contributed by atoms with van der Waals surface area (Å²) in [5, 5.41) is 9.31. The number of amides is 1. The molecule has 0 aliphatic heterocycles. The van der Waals surface area contributed by atoms with E-state index in [1.54, 1.807) is 13.2 Å². The molecule has 0 saturated heterocycles. The van der Waals surface area contributed by atoms with Crippen molar-refractivity contribution in [3.8, 4) is 5.88 Å². The average molecular weight is 428 g/mol. The summed E-state index contributed by atoms with van der Waals surface area (Å²) in [5.74, 6) is 1.34. The Hall–Kier alpha value is -3.29. The molecule has 2 rings (SSSR count). The number of carbonyl (C=O) groups excluding carboxylic acids is 1. The quantitative estimate of drug-likeness (QED) is 0.439. The molecule has 168 valence electrons. The van der Waals surface area contributed by atoms with Crippen molar-refractivity contribution in [2.45, 2.75) is 46.3 Å². The molecule has 8 heteroatoms. The zero-order valence-corrected chi connectivity index (χ0v) is 19.0. The molecule has 1 heterocycles. The number of pyridine rings is 1. The maximum atomic E-state index is 11.8. The van der Waals surface area contributed by atoms with Gasteiger partial charge < -0.3 is 20.1 Å². The molecule has 8 nitrogen and oxygen atoms in total. The fourth-order valence-electron chi connectivity index (χ4n) is 2.73. The molecule has 0 aliphatic carbocycles. The number of hydrogen-bond donors (Lipinski definition) is 3. The number of aromatic nitrogens is 1. The van der Waals surface area contributed by atoms with E-state index < -0.39 is 11.7 Å². The fourth-order valence-corrected chi connectivity index (χ4v) is 2.73. The van der Waals surface area contributed by atoms with Gasteiger partial charge in [0.2, 0.25) is 5.88 Å². The SMILES string of the molecule is CCOc1ncccc1CNC(=NC)NCCc1ccc(NC(=O)OC(C)(C)C)cc1. The average Bonchev–Trinajstić information content (AvgIpc) is 2.71. The molecule has 0 bridgehead atoms. The van der Waals surface area contributed by atoms with Gasteiger partial charge in [0.05, 0.1) is 6.61 Å². The Morgan fingerprint density at radius 1 is 1.13 bits per heavy atom. The van der Waals surface area contributed by atoms with Crippen molar-refractivity contribution in [3.05, 3.63) is 53.7 Å². The van der Waals surface area contributed by atoms with Crippen LogP contribution in [0.1, 0.15) is 38.8 Å². The zero-order chi connectivity index (χ0) is 22.7. The van der Waals surface area contributed by atoms with Crippen molar-refractivity contribution in [2.75, 3.05) is 25.5 Å². The Bertz CT molecular complexity index is 860. The Kier molecular flexibility index (Phi) is 9.12. The maximum absolute atomic E-state index is 11.8. The van der Waals surface area contributed by atoms with Gasteiger partial charge in [0.25, 0.3) is 0 Å². The molecular formula is C23H33N5O3. The zero-order valence-electron chi connectivity index (χ0n) is 19.0. The standard InChI is InChI=1S/C23H33N5O3/c1-6-30-20-18(8-7-14-25-20)16-27-21(24-5)26-15-13-17-9-11-19(12-10-17)28-22(29)31-23(2,3)4/h7-12,14H,6,13,15-16H2,1-5H3,(H,28,29)(H2,24,26,27). The van der Waals surface area contributed by atoms with Gasteiger partial charge in [-0.15, -0.1) is 0 Å². The van der Waals surface area contributed by atoms with Crippen LogP contribution >= 0.6 is 0 Å². The van der Waals surface area contributed by atoms with Gasteiger partial charge in [-0.1, -0.05) is 18.2 Å². The second-order valence-corrected chi connectivity index (χ2v) is 7.83. The van der Waals surface area contributed by atoms with E-state index in [9.17, 15) is 4.79 Å². The van der Waals surface area contributed by atoms with Crippen LogP contribution in [-0.2, 0) is 17.7 Å². The van der Waals surface area contributed by atoms with Gasteiger partial charge in [-0.3, -0.25) is 10.3 Å². The van der Waals surface area contributed by atoms with E-state index in [-0.39, 0.29) is 0 Å². The highest BCUT2D eigenvalue weighted by Crippen LogP contribution is 2.14. The van der Waals surface area contributed by atoms with E-state index in [4.69, 9.17) is 9.47 Å². The van der Waals surface area contributed by atoms with E-state index in [2.05, 4.69) is 25.9 Å². The minimum Gasteiger partial charge on any atom is -0.478 e.